The van der Waals surface area contributed by atoms with Gasteiger partial charge in [-0.15, -0.1) is 0 Å². The Morgan fingerprint density at radius 1 is 0.889 bits per heavy atom. The summed E-state index contributed by atoms with van der Waals surface area (Å²) in [5.74, 6) is -4.18. The summed E-state index contributed by atoms with van der Waals surface area (Å²) in [7, 11) is 0. The maximum absolute atomic E-state index is 14.0. The predicted molar refractivity (Wildman–Crippen MR) is 65.8 cm³/mol. The average molecular weight is 246 g/mol. The molecular weight excluding hydrogens is 234 g/mol. The molecule has 0 saturated carbocycles. The quantitative estimate of drug-likeness (QED) is 0.860. The van der Waals surface area contributed by atoms with E-state index < -0.39 is 18.4 Å². The fourth-order valence-electron chi connectivity index (χ4n) is 2.70. The van der Waals surface area contributed by atoms with E-state index in [-0.39, 0.29) is 0 Å². The zero-order valence-electron chi connectivity index (χ0n) is 9.61. The van der Waals surface area contributed by atoms with Crippen molar-refractivity contribution in [2.45, 2.75) is 11.8 Å². The van der Waals surface area contributed by atoms with Crippen LogP contribution in [0.1, 0.15) is 17.0 Å². The zero-order valence-corrected chi connectivity index (χ0v) is 9.61. The summed E-state index contributed by atoms with van der Waals surface area (Å²) in [6.45, 7) is -1.14. The third-order valence-corrected chi connectivity index (χ3v) is 3.47. The third-order valence-electron chi connectivity index (χ3n) is 3.47. The molecular formula is C15H12F2O. The minimum Gasteiger partial charge on any atom is -0.390 e. The lowest BCUT2D eigenvalue weighted by Crippen LogP contribution is -2.30. The zero-order chi connectivity index (χ0) is 12.8. The van der Waals surface area contributed by atoms with Crippen LogP contribution in [0.2, 0.25) is 0 Å². The van der Waals surface area contributed by atoms with E-state index in [1.807, 2.05) is 24.3 Å². The van der Waals surface area contributed by atoms with Gasteiger partial charge in [-0.05, 0) is 22.3 Å². The summed E-state index contributed by atoms with van der Waals surface area (Å²) in [5, 5.41) is 8.96. The highest BCUT2D eigenvalue weighted by molar-refractivity contribution is 5.79. The molecule has 0 bridgehead atoms. The number of aliphatic hydroxyl groups excluding tert-OH is 1. The molecule has 1 aliphatic rings. The topological polar surface area (TPSA) is 20.2 Å². The van der Waals surface area contributed by atoms with Crippen LogP contribution in [0.3, 0.4) is 0 Å². The molecule has 0 unspecified atom stereocenters. The van der Waals surface area contributed by atoms with Crippen molar-refractivity contribution in [2.24, 2.45) is 0 Å². The first-order chi connectivity index (χ1) is 8.65. The summed E-state index contributed by atoms with van der Waals surface area (Å²) in [4.78, 5) is 0. The molecule has 3 rings (SSSR count). The Morgan fingerprint density at radius 2 is 1.33 bits per heavy atom. The van der Waals surface area contributed by atoms with Gasteiger partial charge in [-0.2, -0.15) is 0 Å². The molecule has 0 heterocycles. The Labute approximate surface area is 104 Å². The first-order valence-electron chi connectivity index (χ1n) is 5.82. The molecule has 0 atom stereocenters. The van der Waals surface area contributed by atoms with Crippen LogP contribution in [-0.4, -0.2) is 17.6 Å². The van der Waals surface area contributed by atoms with Crippen molar-refractivity contribution >= 4 is 0 Å². The Kier molecular flexibility index (Phi) is 2.45. The lowest BCUT2D eigenvalue weighted by atomic mass is 9.91. The number of hydrogen-bond acceptors (Lipinski definition) is 1. The van der Waals surface area contributed by atoms with Crippen molar-refractivity contribution in [3.63, 3.8) is 0 Å². The average Bonchev–Trinajstić information content (AvgIpc) is 2.74. The maximum Gasteiger partial charge on any atom is 0.281 e. The highest BCUT2D eigenvalue weighted by Gasteiger charge is 2.46. The van der Waals surface area contributed by atoms with E-state index in [1.54, 1.807) is 24.3 Å². The lowest BCUT2D eigenvalue weighted by molar-refractivity contribution is -0.0619. The second-order valence-corrected chi connectivity index (χ2v) is 4.53. The van der Waals surface area contributed by atoms with Crippen LogP contribution >= 0.6 is 0 Å². The monoisotopic (exact) mass is 246 g/mol. The van der Waals surface area contributed by atoms with Gasteiger partial charge < -0.3 is 5.11 Å². The maximum atomic E-state index is 14.0. The molecule has 1 N–H and O–H groups in total. The standard InChI is InChI=1S/C15H12F2O/c16-15(17,9-18)14-12-7-3-1-5-10(12)11-6-2-4-8-13(11)14/h1-8,14,18H,9H2. The minimum absolute atomic E-state index is 0.595. The summed E-state index contributed by atoms with van der Waals surface area (Å²) >= 11 is 0. The van der Waals surface area contributed by atoms with E-state index in [9.17, 15) is 8.78 Å². The van der Waals surface area contributed by atoms with Gasteiger partial charge in [0.1, 0.15) is 6.61 Å². The highest BCUT2D eigenvalue weighted by atomic mass is 19.3. The smallest absolute Gasteiger partial charge is 0.281 e. The van der Waals surface area contributed by atoms with Crippen LogP contribution in [0.25, 0.3) is 11.1 Å². The van der Waals surface area contributed by atoms with E-state index in [2.05, 4.69) is 0 Å². The fourth-order valence-corrected chi connectivity index (χ4v) is 2.70. The Balaban J connectivity index is 2.27. The van der Waals surface area contributed by atoms with Crippen LogP contribution in [-0.2, 0) is 0 Å². The third kappa shape index (κ3) is 1.47. The molecule has 2 aromatic carbocycles. The van der Waals surface area contributed by atoms with Crippen molar-refractivity contribution in [3.8, 4) is 11.1 Å². The summed E-state index contributed by atoms with van der Waals surface area (Å²) in [5.41, 5.74) is 2.87. The molecule has 0 fully saturated rings. The number of benzene rings is 2. The van der Waals surface area contributed by atoms with Crippen LogP contribution in [0, 0.1) is 0 Å². The van der Waals surface area contributed by atoms with Gasteiger partial charge in [0.05, 0.1) is 5.92 Å². The van der Waals surface area contributed by atoms with Crippen molar-refractivity contribution in [2.75, 3.05) is 6.61 Å². The second-order valence-electron chi connectivity index (χ2n) is 4.53. The first-order valence-corrected chi connectivity index (χ1v) is 5.82. The van der Waals surface area contributed by atoms with Crippen molar-refractivity contribution in [3.05, 3.63) is 59.7 Å². The Hall–Kier alpha value is -1.74. The van der Waals surface area contributed by atoms with E-state index in [0.717, 1.165) is 11.1 Å². The summed E-state index contributed by atoms with van der Waals surface area (Å²) in [6, 6.07) is 14.3. The number of fused-ring (bicyclic) bond motifs is 3. The molecule has 0 aromatic heterocycles. The normalized spacial score (nSPS) is 14.4. The van der Waals surface area contributed by atoms with Crippen molar-refractivity contribution in [1.82, 2.24) is 0 Å². The lowest BCUT2D eigenvalue weighted by Gasteiger charge is -2.23. The van der Waals surface area contributed by atoms with Crippen molar-refractivity contribution in [1.29, 1.82) is 0 Å². The van der Waals surface area contributed by atoms with Gasteiger partial charge in [-0.25, -0.2) is 8.78 Å². The number of rotatable bonds is 2. The molecule has 0 amide bonds. The minimum atomic E-state index is -3.14. The first kappa shape index (κ1) is 11.4. The van der Waals surface area contributed by atoms with Crippen LogP contribution in [0.4, 0.5) is 8.78 Å². The number of hydrogen-bond donors (Lipinski definition) is 1. The van der Waals surface area contributed by atoms with Gasteiger partial charge >= 0.3 is 0 Å². The van der Waals surface area contributed by atoms with Crippen LogP contribution in [0.15, 0.2) is 48.5 Å². The number of aliphatic hydroxyl groups is 1. The molecule has 1 aliphatic carbocycles. The van der Waals surface area contributed by atoms with Gasteiger partial charge in [-0.1, -0.05) is 48.5 Å². The molecule has 0 aliphatic heterocycles. The van der Waals surface area contributed by atoms with Gasteiger partial charge in [0, 0.05) is 0 Å². The van der Waals surface area contributed by atoms with E-state index in [4.69, 9.17) is 5.11 Å². The van der Waals surface area contributed by atoms with Crippen LogP contribution in [0.5, 0.6) is 0 Å². The van der Waals surface area contributed by atoms with E-state index >= 15 is 0 Å². The molecule has 0 radical (unpaired) electrons. The summed E-state index contributed by atoms with van der Waals surface area (Å²) < 4.78 is 27.9. The summed E-state index contributed by atoms with van der Waals surface area (Å²) in [6.07, 6.45) is 0. The van der Waals surface area contributed by atoms with Crippen LogP contribution < -0.4 is 0 Å². The predicted octanol–water partition coefficient (Wildman–Crippen LogP) is 3.43. The molecule has 0 spiro atoms. The largest absolute Gasteiger partial charge is 0.390 e. The Morgan fingerprint density at radius 3 is 1.78 bits per heavy atom. The molecule has 2 aromatic rings. The molecule has 92 valence electrons. The highest BCUT2D eigenvalue weighted by Crippen LogP contribution is 2.50. The van der Waals surface area contributed by atoms with Gasteiger partial charge in [0.2, 0.25) is 0 Å². The molecule has 3 heteroatoms. The van der Waals surface area contributed by atoms with Gasteiger partial charge in [-0.3, -0.25) is 0 Å². The Bertz CT molecular complexity index is 547. The fraction of sp³-hybridized carbons (Fsp3) is 0.200. The van der Waals surface area contributed by atoms with Gasteiger partial charge in [0.25, 0.3) is 5.92 Å². The molecule has 18 heavy (non-hydrogen) atoms. The molecule has 0 saturated heterocycles. The molecule has 1 nitrogen and oxygen atoms in total. The number of halogens is 2. The van der Waals surface area contributed by atoms with E-state index in [0.29, 0.717) is 11.1 Å². The second kappa shape index (κ2) is 3.89. The number of alkyl halides is 2. The van der Waals surface area contributed by atoms with E-state index in [1.165, 1.54) is 0 Å². The SMILES string of the molecule is OCC(F)(F)C1c2ccccc2-c2ccccc21. The van der Waals surface area contributed by atoms with Gasteiger partial charge in [0.15, 0.2) is 0 Å². The van der Waals surface area contributed by atoms with Crippen molar-refractivity contribution < 1.29 is 13.9 Å².